The van der Waals surface area contributed by atoms with Gasteiger partial charge in [-0.3, -0.25) is 4.79 Å². The van der Waals surface area contributed by atoms with Gasteiger partial charge in [-0.25, -0.2) is 13.4 Å². The SMILES string of the molecule is CS(=O)(=O)c1ccccc1C(=O)N1CCCC(c2nc3ccccc3s2)C1. The van der Waals surface area contributed by atoms with Crippen molar-refractivity contribution in [3.05, 3.63) is 59.1 Å². The minimum Gasteiger partial charge on any atom is -0.338 e. The molecule has 1 atom stereocenters. The van der Waals surface area contributed by atoms with Crippen LogP contribution in [-0.2, 0) is 9.84 Å². The quantitative estimate of drug-likeness (QED) is 0.672. The number of likely N-dealkylation sites (tertiary alicyclic amines) is 1. The summed E-state index contributed by atoms with van der Waals surface area (Å²) in [6.45, 7) is 1.20. The lowest BCUT2D eigenvalue weighted by atomic mass is 9.98. The van der Waals surface area contributed by atoms with Crippen molar-refractivity contribution in [2.45, 2.75) is 23.7 Å². The van der Waals surface area contributed by atoms with Gasteiger partial charge in [0.15, 0.2) is 9.84 Å². The van der Waals surface area contributed by atoms with E-state index in [-0.39, 0.29) is 22.3 Å². The van der Waals surface area contributed by atoms with Crippen LogP contribution in [0.5, 0.6) is 0 Å². The molecule has 1 saturated heterocycles. The third-order valence-electron chi connectivity index (χ3n) is 4.89. The summed E-state index contributed by atoms with van der Waals surface area (Å²) in [5.74, 6) is -0.0349. The van der Waals surface area contributed by atoms with Crippen molar-refractivity contribution < 1.29 is 13.2 Å². The topological polar surface area (TPSA) is 67.3 Å². The molecule has 0 aliphatic carbocycles. The fourth-order valence-corrected chi connectivity index (χ4v) is 5.54. The Balaban J connectivity index is 1.61. The van der Waals surface area contributed by atoms with Crippen LogP contribution in [0.2, 0.25) is 0 Å². The van der Waals surface area contributed by atoms with Gasteiger partial charge in [0, 0.05) is 25.3 Å². The first-order chi connectivity index (χ1) is 12.9. The Morgan fingerprint density at radius 1 is 1.15 bits per heavy atom. The lowest BCUT2D eigenvalue weighted by Crippen LogP contribution is -2.39. The molecule has 4 rings (SSSR count). The maximum atomic E-state index is 13.1. The predicted molar refractivity (Wildman–Crippen MR) is 107 cm³/mol. The monoisotopic (exact) mass is 400 g/mol. The summed E-state index contributed by atoms with van der Waals surface area (Å²) < 4.78 is 25.2. The van der Waals surface area contributed by atoms with Crippen molar-refractivity contribution in [2.75, 3.05) is 19.3 Å². The minimum atomic E-state index is -3.46. The molecular formula is C20H20N2O3S2. The Hall–Kier alpha value is -2.25. The van der Waals surface area contributed by atoms with E-state index in [0.29, 0.717) is 13.1 Å². The normalized spacial score (nSPS) is 18.0. The molecule has 7 heteroatoms. The van der Waals surface area contributed by atoms with Gasteiger partial charge in [-0.1, -0.05) is 24.3 Å². The Morgan fingerprint density at radius 3 is 2.67 bits per heavy atom. The molecule has 3 aromatic rings. The molecule has 0 radical (unpaired) electrons. The molecule has 2 aromatic carbocycles. The average molecular weight is 401 g/mol. The highest BCUT2D eigenvalue weighted by atomic mass is 32.2. The number of piperidine rings is 1. The van der Waals surface area contributed by atoms with Gasteiger partial charge in [-0.05, 0) is 37.1 Å². The molecule has 140 valence electrons. The highest BCUT2D eigenvalue weighted by molar-refractivity contribution is 7.90. The molecule has 0 saturated carbocycles. The van der Waals surface area contributed by atoms with Crippen LogP contribution in [0.15, 0.2) is 53.4 Å². The van der Waals surface area contributed by atoms with E-state index in [1.165, 1.54) is 6.07 Å². The smallest absolute Gasteiger partial charge is 0.255 e. The van der Waals surface area contributed by atoms with Gasteiger partial charge in [-0.15, -0.1) is 11.3 Å². The molecule has 1 aliphatic rings. The standard InChI is InChI=1S/C20H20N2O3S2/c1-27(24,25)18-11-5-2-8-15(18)20(23)22-12-6-7-14(13-22)19-21-16-9-3-4-10-17(16)26-19/h2-5,8-11,14H,6-7,12-13H2,1H3. The molecule has 27 heavy (non-hydrogen) atoms. The minimum absolute atomic E-state index is 0.0945. The van der Waals surface area contributed by atoms with Crippen LogP contribution in [0.1, 0.15) is 34.1 Å². The van der Waals surface area contributed by atoms with Gasteiger partial charge in [0.25, 0.3) is 5.91 Å². The van der Waals surface area contributed by atoms with Gasteiger partial charge in [-0.2, -0.15) is 0 Å². The lowest BCUT2D eigenvalue weighted by Gasteiger charge is -2.32. The van der Waals surface area contributed by atoms with E-state index in [4.69, 9.17) is 4.98 Å². The van der Waals surface area contributed by atoms with Crippen molar-refractivity contribution in [1.82, 2.24) is 9.88 Å². The summed E-state index contributed by atoms with van der Waals surface area (Å²) in [6.07, 6.45) is 3.00. The number of hydrogen-bond donors (Lipinski definition) is 0. The molecule has 5 nitrogen and oxygen atoms in total. The van der Waals surface area contributed by atoms with Crippen LogP contribution >= 0.6 is 11.3 Å². The van der Waals surface area contributed by atoms with Crippen molar-refractivity contribution >= 4 is 37.3 Å². The van der Waals surface area contributed by atoms with Crippen LogP contribution in [0, 0.1) is 0 Å². The summed E-state index contributed by atoms with van der Waals surface area (Å²) in [6, 6.07) is 14.5. The number of amides is 1. The Bertz CT molecular complexity index is 1070. The zero-order valence-electron chi connectivity index (χ0n) is 15.0. The molecule has 1 aromatic heterocycles. The first-order valence-electron chi connectivity index (χ1n) is 8.87. The maximum absolute atomic E-state index is 13.1. The van der Waals surface area contributed by atoms with Crippen LogP contribution in [0.4, 0.5) is 0 Å². The number of benzene rings is 2. The van der Waals surface area contributed by atoms with Crippen molar-refractivity contribution in [1.29, 1.82) is 0 Å². The number of carbonyl (C=O) groups is 1. The van der Waals surface area contributed by atoms with E-state index >= 15 is 0 Å². The number of nitrogens with zero attached hydrogens (tertiary/aromatic N) is 2. The highest BCUT2D eigenvalue weighted by Crippen LogP contribution is 2.33. The first-order valence-corrected chi connectivity index (χ1v) is 11.6. The second-order valence-corrected chi connectivity index (χ2v) is 9.92. The number of carbonyl (C=O) groups excluding carboxylic acids is 1. The second kappa shape index (κ2) is 7.05. The van der Waals surface area contributed by atoms with Crippen molar-refractivity contribution in [3.8, 4) is 0 Å². The van der Waals surface area contributed by atoms with Crippen LogP contribution in [-0.4, -0.2) is 43.6 Å². The zero-order chi connectivity index (χ0) is 19.0. The summed E-state index contributed by atoms with van der Waals surface area (Å²) in [5.41, 5.74) is 1.24. The fraction of sp³-hybridized carbons (Fsp3) is 0.300. The van der Waals surface area contributed by atoms with Crippen LogP contribution in [0.3, 0.4) is 0 Å². The van der Waals surface area contributed by atoms with E-state index in [1.54, 1.807) is 34.4 Å². The van der Waals surface area contributed by atoms with Gasteiger partial charge >= 0.3 is 0 Å². The van der Waals surface area contributed by atoms with E-state index in [1.807, 2.05) is 18.2 Å². The Labute approximate surface area is 162 Å². The number of thiazole rings is 1. The number of para-hydroxylation sites is 1. The predicted octanol–water partition coefficient (Wildman–Crippen LogP) is 3.72. The van der Waals surface area contributed by atoms with Crippen molar-refractivity contribution in [2.24, 2.45) is 0 Å². The molecule has 0 bridgehead atoms. The fourth-order valence-electron chi connectivity index (χ4n) is 3.56. The van der Waals surface area contributed by atoms with Crippen LogP contribution < -0.4 is 0 Å². The summed E-state index contributed by atoms with van der Waals surface area (Å²) in [5, 5.41) is 1.05. The molecule has 1 aliphatic heterocycles. The number of rotatable bonds is 3. The van der Waals surface area contributed by atoms with E-state index in [2.05, 4.69) is 6.07 Å². The van der Waals surface area contributed by atoms with Gasteiger partial charge in [0.1, 0.15) is 0 Å². The third-order valence-corrected chi connectivity index (χ3v) is 7.24. The summed E-state index contributed by atoms with van der Waals surface area (Å²) in [7, 11) is -3.46. The van der Waals surface area contributed by atoms with Crippen LogP contribution in [0.25, 0.3) is 10.2 Å². The number of hydrogen-bond acceptors (Lipinski definition) is 5. The molecule has 1 amide bonds. The van der Waals surface area contributed by atoms with Gasteiger partial charge in [0.05, 0.1) is 25.7 Å². The number of fused-ring (bicyclic) bond motifs is 1. The molecule has 0 N–H and O–H groups in total. The van der Waals surface area contributed by atoms with Gasteiger partial charge in [0.2, 0.25) is 0 Å². The number of aromatic nitrogens is 1. The van der Waals surface area contributed by atoms with Crippen molar-refractivity contribution in [3.63, 3.8) is 0 Å². The summed E-state index contributed by atoms with van der Waals surface area (Å²) in [4.78, 5) is 19.7. The maximum Gasteiger partial charge on any atom is 0.255 e. The zero-order valence-corrected chi connectivity index (χ0v) is 16.6. The second-order valence-electron chi connectivity index (χ2n) is 6.88. The Morgan fingerprint density at radius 2 is 1.89 bits per heavy atom. The lowest BCUT2D eigenvalue weighted by molar-refractivity contribution is 0.0703. The molecule has 1 fully saturated rings. The van der Waals surface area contributed by atoms with E-state index in [9.17, 15) is 13.2 Å². The molecule has 1 unspecified atom stereocenters. The third kappa shape index (κ3) is 3.61. The van der Waals surface area contributed by atoms with E-state index < -0.39 is 9.84 Å². The molecular weight excluding hydrogens is 380 g/mol. The average Bonchev–Trinajstić information content (AvgIpc) is 3.11. The first kappa shape index (κ1) is 18.1. The Kier molecular flexibility index (Phi) is 4.74. The largest absolute Gasteiger partial charge is 0.338 e. The number of sulfone groups is 1. The summed E-state index contributed by atoms with van der Waals surface area (Å²) >= 11 is 1.68. The van der Waals surface area contributed by atoms with E-state index in [0.717, 1.165) is 34.3 Å². The highest BCUT2D eigenvalue weighted by Gasteiger charge is 2.29. The van der Waals surface area contributed by atoms with Gasteiger partial charge < -0.3 is 4.90 Å². The molecule has 2 heterocycles. The molecule has 0 spiro atoms.